The molecule has 0 aliphatic carbocycles. The average Bonchev–Trinajstić information content (AvgIpc) is 2.64. The van der Waals surface area contributed by atoms with E-state index >= 15 is 0 Å². The van der Waals surface area contributed by atoms with Crippen LogP contribution in [0.1, 0.15) is 37.9 Å². The Balaban J connectivity index is 1.87. The molecule has 26 heavy (non-hydrogen) atoms. The van der Waals surface area contributed by atoms with E-state index in [-0.39, 0.29) is 17.6 Å². The van der Waals surface area contributed by atoms with Gasteiger partial charge in [-0.2, -0.15) is 5.26 Å². The topological polar surface area (TPSA) is 69.4 Å². The Kier molecular flexibility index (Phi) is 5.13. The zero-order valence-corrected chi connectivity index (χ0v) is 15.4. The molecule has 0 radical (unpaired) electrons. The van der Waals surface area contributed by atoms with Crippen molar-refractivity contribution in [2.24, 2.45) is 10.9 Å². The Morgan fingerprint density at radius 3 is 2.58 bits per heavy atom. The molecular weight excluding hydrogens is 324 g/mol. The predicted molar refractivity (Wildman–Crippen MR) is 103 cm³/mol. The molecule has 134 valence electrons. The van der Waals surface area contributed by atoms with E-state index in [1.54, 1.807) is 0 Å². The van der Waals surface area contributed by atoms with E-state index in [2.05, 4.69) is 42.5 Å². The van der Waals surface area contributed by atoms with Crippen LogP contribution in [0.5, 0.6) is 5.75 Å². The third-order valence-corrected chi connectivity index (χ3v) is 4.95. The number of nitrogens with one attached hydrogen (secondary N) is 2. The van der Waals surface area contributed by atoms with Crippen LogP contribution in [0.4, 0.5) is 0 Å². The summed E-state index contributed by atoms with van der Waals surface area (Å²) >= 11 is 0. The first kappa shape index (κ1) is 17.8. The lowest BCUT2D eigenvalue weighted by Crippen LogP contribution is -2.50. The van der Waals surface area contributed by atoms with E-state index < -0.39 is 0 Å². The minimum atomic E-state index is -0.330. The second-order valence-electron chi connectivity index (χ2n) is 7.04. The number of ether oxygens (including phenoxy) is 1. The number of hydrogen-bond donors (Lipinski definition) is 2. The van der Waals surface area contributed by atoms with Crippen LogP contribution in [-0.2, 0) is 6.54 Å². The van der Waals surface area contributed by atoms with E-state index in [1.807, 2.05) is 54.7 Å². The minimum absolute atomic E-state index is 0.00896. The Bertz CT molecular complexity index is 823. The molecule has 0 fully saturated rings. The van der Waals surface area contributed by atoms with E-state index in [0.29, 0.717) is 12.5 Å². The first-order chi connectivity index (χ1) is 12.5. The van der Waals surface area contributed by atoms with Gasteiger partial charge < -0.3 is 10.1 Å². The maximum absolute atomic E-state index is 9.12. The van der Waals surface area contributed by atoms with Crippen LogP contribution in [0.15, 0.2) is 59.6 Å². The number of nitrogens with zero attached hydrogens (tertiary/aromatic N) is 2. The lowest BCUT2D eigenvalue weighted by Gasteiger charge is -2.43. The number of benzene rings is 2. The summed E-state index contributed by atoms with van der Waals surface area (Å²) in [4.78, 5) is 4.56. The second-order valence-corrected chi connectivity index (χ2v) is 7.04. The summed E-state index contributed by atoms with van der Waals surface area (Å²) in [6.07, 6.45) is 1.98. The summed E-state index contributed by atoms with van der Waals surface area (Å²) < 4.78 is 6.17. The maximum Gasteiger partial charge on any atom is 0.205 e. The number of nitriles is 1. The molecule has 5 heteroatoms. The molecule has 0 aromatic heterocycles. The quantitative estimate of drug-likeness (QED) is 0.384. The van der Waals surface area contributed by atoms with Crippen molar-refractivity contribution in [3.63, 3.8) is 0 Å². The summed E-state index contributed by atoms with van der Waals surface area (Å²) in [5, 5.41) is 15.2. The highest BCUT2D eigenvalue weighted by Crippen LogP contribution is 2.43. The van der Waals surface area contributed by atoms with Gasteiger partial charge in [0.05, 0.1) is 12.6 Å². The summed E-state index contributed by atoms with van der Waals surface area (Å²) in [6.45, 7) is 6.82. The number of hydrogen-bond acceptors (Lipinski definition) is 3. The lowest BCUT2D eigenvalue weighted by molar-refractivity contribution is 0.0158. The molecule has 0 saturated carbocycles. The summed E-state index contributed by atoms with van der Waals surface area (Å²) in [5.74, 6) is 1.52. The van der Waals surface area contributed by atoms with Gasteiger partial charge in [-0.15, -0.1) is 0 Å². The van der Waals surface area contributed by atoms with Crippen molar-refractivity contribution in [2.45, 2.75) is 39.0 Å². The van der Waals surface area contributed by atoms with Crippen LogP contribution < -0.4 is 15.4 Å². The zero-order chi connectivity index (χ0) is 18.6. The van der Waals surface area contributed by atoms with E-state index in [0.717, 1.165) is 16.9 Å². The van der Waals surface area contributed by atoms with Crippen LogP contribution >= 0.6 is 0 Å². The van der Waals surface area contributed by atoms with Crippen molar-refractivity contribution in [3.8, 4) is 11.9 Å². The molecule has 0 spiro atoms. The smallest absolute Gasteiger partial charge is 0.205 e. The highest BCUT2D eigenvalue weighted by molar-refractivity contribution is 5.81. The molecule has 2 N–H and O–H groups in total. The molecule has 2 atom stereocenters. The molecule has 0 saturated heterocycles. The van der Waals surface area contributed by atoms with Gasteiger partial charge in [0.25, 0.3) is 0 Å². The normalized spacial score (nSPS) is 21.1. The van der Waals surface area contributed by atoms with E-state index in [9.17, 15) is 0 Å². The maximum atomic E-state index is 9.12. The fourth-order valence-electron chi connectivity index (χ4n) is 3.16. The lowest BCUT2D eigenvalue weighted by atomic mass is 9.80. The highest BCUT2D eigenvalue weighted by Gasteiger charge is 2.41. The number of rotatable bonds is 3. The number of para-hydroxylation sites is 1. The number of guanidine groups is 1. The molecule has 5 nitrogen and oxygen atoms in total. The van der Waals surface area contributed by atoms with Gasteiger partial charge >= 0.3 is 0 Å². The summed E-state index contributed by atoms with van der Waals surface area (Å²) in [6, 6.07) is 18.0. The van der Waals surface area contributed by atoms with Crippen molar-refractivity contribution in [3.05, 3.63) is 65.7 Å². The molecule has 1 unspecified atom stereocenters. The van der Waals surface area contributed by atoms with Crippen molar-refractivity contribution in [1.29, 1.82) is 5.26 Å². The Morgan fingerprint density at radius 2 is 1.85 bits per heavy atom. The van der Waals surface area contributed by atoms with Crippen LogP contribution in [0.3, 0.4) is 0 Å². The fraction of sp³-hybridized carbons (Fsp3) is 0.333. The molecule has 0 amide bonds. The SMILES string of the molecule is C[C@@H]1C(NC(=NCc2ccccc2)NC#N)c2ccccc2OC1(C)C. The van der Waals surface area contributed by atoms with Gasteiger partial charge in [0.1, 0.15) is 11.4 Å². The third kappa shape index (κ3) is 3.80. The third-order valence-electron chi connectivity index (χ3n) is 4.95. The van der Waals surface area contributed by atoms with Crippen molar-refractivity contribution < 1.29 is 4.74 Å². The van der Waals surface area contributed by atoms with Crippen molar-refractivity contribution >= 4 is 5.96 Å². The van der Waals surface area contributed by atoms with E-state index in [1.165, 1.54) is 0 Å². The van der Waals surface area contributed by atoms with Gasteiger partial charge in [0.15, 0.2) is 6.19 Å². The molecule has 1 aliphatic rings. The Labute approximate surface area is 154 Å². The van der Waals surface area contributed by atoms with E-state index in [4.69, 9.17) is 10.00 Å². The van der Waals surface area contributed by atoms with Crippen molar-refractivity contribution in [2.75, 3.05) is 0 Å². The highest BCUT2D eigenvalue weighted by atomic mass is 16.5. The van der Waals surface area contributed by atoms with Gasteiger partial charge in [0, 0.05) is 11.5 Å². The van der Waals surface area contributed by atoms with Gasteiger partial charge in [-0.1, -0.05) is 55.5 Å². The largest absolute Gasteiger partial charge is 0.487 e. The molecular formula is C21H24N4O. The fourth-order valence-corrected chi connectivity index (χ4v) is 3.16. The van der Waals surface area contributed by atoms with Crippen LogP contribution in [0.2, 0.25) is 0 Å². The van der Waals surface area contributed by atoms with Gasteiger partial charge in [0.2, 0.25) is 5.96 Å². The minimum Gasteiger partial charge on any atom is -0.487 e. The first-order valence-electron chi connectivity index (χ1n) is 8.79. The van der Waals surface area contributed by atoms with Crippen LogP contribution in [0, 0.1) is 17.4 Å². The second kappa shape index (κ2) is 7.49. The Hall–Kier alpha value is -3.00. The van der Waals surface area contributed by atoms with Gasteiger partial charge in [-0.05, 0) is 25.5 Å². The van der Waals surface area contributed by atoms with Crippen LogP contribution in [-0.4, -0.2) is 11.6 Å². The standard InChI is InChI=1S/C21H24N4O/c1-15-19(17-11-7-8-12-18(17)26-21(15,2)3)25-20(24-14-22)23-13-16-9-5-4-6-10-16/h4-12,15,19H,13H2,1-3H3,(H2,23,24,25)/t15-,19?/m1/s1. The summed E-state index contributed by atoms with van der Waals surface area (Å²) in [7, 11) is 0. The molecule has 1 heterocycles. The zero-order valence-electron chi connectivity index (χ0n) is 15.4. The average molecular weight is 348 g/mol. The van der Waals surface area contributed by atoms with Crippen LogP contribution in [0.25, 0.3) is 0 Å². The molecule has 0 bridgehead atoms. The number of aliphatic imine (C=N–C) groups is 1. The van der Waals surface area contributed by atoms with Gasteiger partial charge in [-0.3, -0.25) is 5.32 Å². The van der Waals surface area contributed by atoms with Gasteiger partial charge in [-0.25, -0.2) is 4.99 Å². The summed E-state index contributed by atoms with van der Waals surface area (Å²) in [5.41, 5.74) is 1.84. The Morgan fingerprint density at radius 1 is 1.15 bits per heavy atom. The number of fused-ring (bicyclic) bond motifs is 1. The molecule has 2 aromatic carbocycles. The molecule has 1 aliphatic heterocycles. The molecule has 3 rings (SSSR count). The predicted octanol–water partition coefficient (Wildman–Crippen LogP) is 3.75. The monoisotopic (exact) mass is 348 g/mol. The first-order valence-corrected chi connectivity index (χ1v) is 8.79. The van der Waals surface area contributed by atoms with Crippen molar-refractivity contribution in [1.82, 2.24) is 10.6 Å². The molecule has 2 aromatic rings.